The summed E-state index contributed by atoms with van der Waals surface area (Å²) in [6.45, 7) is 5.24. The summed E-state index contributed by atoms with van der Waals surface area (Å²) in [7, 11) is 2.47. The summed E-state index contributed by atoms with van der Waals surface area (Å²) in [4.78, 5) is 29.3. The van der Waals surface area contributed by atoms with E-state index in [4.69, 9.17) is 14.2 Å². The highest BCUT2D eigenvalue weighted by molar-refractivity contribution is 8.17. The number of nitrogens with zero attached hydrogens (tertiary/aromatic N) is 2. The van der Waals surface area contributed by atoms with Gasteiger partial charge in [-0.15, -0.1) is 0 Å². The summed E-state index contributed by atoms with van der Waals surface area (Å²) in [5, 5.41) is 14.6. The Morgan fingerprint density at radius 1 is 1.19 bits per heavy atom. The molecule has 0 aliphatic carbocycles. The molecular formula is C17H20N2O6S. The number of aryl methyl sites for hydroxylation is 2. The number of hydrogen-bond donors (Lipinski definition) is 1. The zero-order chi connectivity index (χ0) is 19.5. The number of thioether (sulfide) groups is 1. The number of esters is 2. The molecule has 140 valence electrons. The van der Waals surface area contributed by atoms with Crippen LogP contribution in [0.25, 0.3) is 0 Å². The van der Waals surface area contributed by atoms with Crippen LogP contribution in [0, 0.1) is 13.8 Å². The van der Waals surface area contributed by atoms with E-state index in [1.807, 2.05) is 0 Å². The Morgan fingerprint density at radius 3 is 2.15 bits per heavy atom. The van der Waals surface area contributed by atoms with Crippen LogP contribution in [0.2, 0.25) is 0 Å². The van der Waals surface area contributed by atoms with Gasteiger partial charge in [0.15, 0.2) is 10.6 Å². The molecule has 26 heavy (non-hydrogen) atoms. The maximum atomic E-state index is 12.5. The molecule has 0 bridgehead atoms. The molecule has 0 aromatic carbocycles. The average molecular weight is 380 g/mol. The number of methoxy groups -OCH3 is 2. The van der Waals surface area contributed by atoms with Gasteiger partial charge in [-0.05, 0) is 32.3 Å². The lowest BCUT2D eigenvalue weighted by Crippen LogP contribution is -2.38. The van der Waals surface area contributed by atoms with Crippen LogP contribution in [0.5, 0.6) is 0 Å². The van der Waals surface area contributed by atoms with E-state index in [1.165, 1.54) is 14.2 Å². The van der Waals surface area contributed by atoms with Crippen molar-refractivity contribution in [1.29, 1.82) is 0 Å². The molecular weight excluding hydrogens is 360 g/mol. The van der Waals surface area contributed by atoms with Crippen molar-refractivity contribution in [3.05, 3.63) is 39.6 Å². The maximum absolute atomic E-state index is 12.5. The van der Waals surface area contributed by atoms with Gasteiger partial charge in [0, 0.05) is 12.2 Å². The van der Waals surface area contributed by atoms with Crippen molar-refractivity contribution in [1.82, 2.24) is 4.98 Å². The fourth-order valence-corrected chi connectivity index (χ4v) is 3.82. The second-order valence-corrected chi connectivity index (χ2v) is 6.28. The van der Waals surface area contributed by atoms with Crippen LogP contribution in [-0.4, -0.2) is 48.0 Å². The molecule has 9 heteroatoms. The van der Waals surface area contributed by atoms with Crippen molar-refractivity contribution in [2.45, 2.75) is 26.4 Å². The first-order chi connectivity index (χ1) is 12.4. The number of oxime groups is 1. The molecule has 8 nitrogen and oxygen atoms in total. The van der Waals surface area contributed by atoms with E-state index in [9.17, 15) is 14.8 Å². The van der Waals surface area contributed by atoms with E-state index in [0.29, 0.717) is 11.4 Å². The van der Waals surface area contributed by atoms with Crippen LogP contribution in [0.3, 0.4) is 0 Å². The molecule has 1 aliphatic heterocycles. The second kappa shape index (κ2) is 7.88. The van der Waals surface area contributed by atoms with E-state index >= 15 is 0 Å². The summed E-state index contributed by atoms with van der Waals surface area (Å²) in [5.41, 5.74) is -0.380. The molecule has 0 amide bonds. The van der Waals surface area contributed by atoms with E-state index in [-0.39, 0.29) is 28.3 Å². The van der Waals surface area contributed by atoms with Gasteiger partial charge in [-0.3, -0.25) is 4.98 Å². The Labute approximate surface area is 155 Å². The summed E-state index contributed by atoms with van der Waals surface area (Å²) < 4.78 is 15.7. The fraction of sp³-hybridized carbons (Fsp3) is 0.412. The molecule has 2 rings (SSSR count). The second-order valence-electron chi connectivity index (χ2n) is 5.39. The standard InChI is InChI=1S/C17H20N2O6S/c1-6-25-17(7-8-26-16(17)19-22)13-11(14(20)23-4)9(2)18-10(3)12(13)15(21)24-5/h7-8,22H,6H2,1-5H3/b19-16+. The lowest BCUT2D eigenvalue weighted by Gasteiger charge is -2.31. The zero-order valence-corrected chi connectivity index (χ0v) is 16.0. The number of hydrogen-bond acceptors (Lipinski definition) is 9. The Kier molecular flexibility index (Phi) is 6.04. The first kappa shape index (κ1) is 19.9. The van der Waals surface area contributed by atoms with Gasteiger partial charge in [-0.25, -0.2) is 9.59 Å². The highest BCUT2D eigenvalue weighted by atomic mass is 32.2. The zero-order valence-electron chi connectivity index (χ0n) is 15.2. The van der Waals surface area contributed by atoms with Crippen molar-refractivity contribution in [2.75, 3.05) is 20.8 Å². The molecule has 0 radical (unpaired) electrons. The SMILES string of the molecule is CCOC1(c2c(C(=O)OC)c(C)nc(C)c2C(=O)OC)C=CS/C1=N/O. The van der Waals surface area contributed by atoms with E-state index < -0.39 is 17.5 Å². The quantitative estimate of drug-likeness (QED) is 0.472. The number of ether oxygens (including phenoxy) is 3. The number of rotatable bonds is 5. The van der Waals surface area contributed by atoms with Crippen molar-refractivity contribution in [3.63, 3.8) is 0 Å². The van der Waals surface area contributed by atoms with Gasteiger partial charge >= 0.3 is 11.9 Å². The van der Waals surface area contributed by atoms with Gasteiger partial charge in [-0.2, -0.15) is 0 Å². The van der Waals surface area contributed by atoms with Gasteiger partial charge in [0.25, 0.3) is 0 Å². The Bertz CT molecular complexity index is 765. The largest absolute Gasteiger partial charge is 0.465 e. The number of pyridine rings is 1. The Morgan fingerprint density at radius 2 is 1.73 bits per heavy atom. The monoisotopic (exact) mass is 380 g/mol. The molecule has 0 saturated heterocycles. The Hall–Kier alpha value is -2.39. The lowest BCUT2D eigenvalue weighted by molar-refractivity contribution is 0.0422. The molecule has 1 N–H and O–H groups in total. The van der Waals surface area contributed by atoms with Crippen molar-refractivity contribution in [3.8, 4) is 0 Å². The predicted octanol–water partition coefficient (Wildman–Crippen LogP) is 2.55. The van der Waals surface area contributed by atoms with E-state index in [0.717, 1.165) is 11.8 Å². The van der Waals surface area contributed by atoms with Crippen LogP contribution in [-0.2, 0) is 19.8 Å². The molecule has 2 heterocycles. The van der Waals surface area contributed by atoms with Gasteiger partial charge in [0.05, 0.1) is 36.7 Å². The summed E-state index contributed by atoms with van der Waals surface area (Å²) >= 11 is 1.12. The fourth-order valence-electron chi connectivity index (χ4n) is 2.98. The number of aromatic nitrogens is 1. The molecule has 0 fully saturated rings. The third-order valence-corrected chi connectivity index (χ3v) is 4.85. The maximum Gasteiger partial charge on any atom is 0.340 e. The highest BCUT2D eigenvalue weighted by Gasteiger charge is 2.47. The minimum Gasteiger partial charge on any atom is -0.465 e. The first-order valence-corrected chi connectivity index (χ1v) is 8.65. The van der Waals surface area contributed by atoms with E-state index in [2.05, 4.69) is 10.1 Å². The molecule has 1 aromatic heterocycles. The van der Waals surface area contributed by atoms with Gasteiger partial charge < -0.3 is 19.4 Å². The normalized spacial score (nSPS) is 20.4. The smallest absolute Gasteiger partial charge is 0.340 e. The minimum atomic E-state index is -1.43. The van der Waals surface area contributed by atoms with Crippen molar-refractivity contribution >= 4 is 28.7 Å². The summed E-state index contributed by atoms with van der Waals surface area (Å²) in [6, 6.07) is 0. The van der Waals surface area contributed by atoms with Crippen LogP contribution < -0.4 is 0 Å². The molecule has 1 aliphatic rings. The van der Waals surface area contributed by atoms with Crippen LogP contribution in [0.1, 0.15) is 44.6 Å². The molecule has 0 saturated carbocycles. The predicted molar refractivity (Wildman–Crippen MR) is 95.6 cm³/mol. The number of carbonyl (C=O) groups is 2. The molecule has 0 spiro atoms. The Balaban J connectivity index is 3.02. The minimum absolute atomic E-state index is 0.0697. The topological polar surface area (TPSA) is 107 Å². The van der Waals surface area contributed by atoms with Crippen molar-refractivity contribution in [2.24, 2.45) is 5.16 Å². The lowest BCUT2D eigenvalue weighted by atomic mass is 9.84. The molecule has 1 unspecified atom stereocenters. The summed E-state index contributed by atoms with van der Waals surface area (Å²) in [6.07, 6.45) is 1.63. The van der Waals surface area contributed by atoms with Gasteiger partial charge in [0.1, 0.15) is 0 Å². The van der Waals surface area contributed by atoms with E-state index in [1.54, 1.807) is 32.3 Å². The summed E-state index contributed by atoms with van der Waals surface area (Å²) in [5.74, 6) is -1.37. The first-order valence-electron chi connectivity index (χ1n) is 7.77. The molecule has 1 aromatic rings. The highest BCUT2D eigenvalue weighted by Crippen LogP contribution is 2.44. The number of carbonyl (C=O) groups excluding carboxylic acids is 2. The van der Waals surface area contributed by atoms with Crippen LogP contribution in [0.15, 0.2) is 16.6 Å². The third kappa shape index (κ3) is 3.08. The molecule has 1 atom stereocenters. The van der Waals surface area contributed by atoms with Gasteiger partial charge in [-0.1, -0.05) is 16.9 Å². The van der Waals surface area contributed by atoms with Gasteiger partial charge in [0.2, 0.25) is 0 Å². The van der Waals surface area contributed by atoms with Crippen LogP contribution in [0.4, 0.5) is 0 Å². The average Bonchev–Trinajstić information content (AvgIpc) is 3.03. The third-order valence-electron chi connectivity index (χ3n) is 3.97. The van der Waals surface area contributed by atoms with Crippen molar-refractivity contribution < 1.29 is 29.0 Å². The van der Waals surface area contributed by atoms with Crippen LogP contribution >= 0.6 is 11.8 Å².